The van der Waals surface area contributed by atoms with Gasteiger partial charge in [-0.25, -0.2) is 0 Å². The van der Waals surface area contributed by atoms with Gasteiger partial charge >= 0.3 is 0 Å². The first kappa shape index (κ1) is 19.8. The second-order valence-corrected chi connectivity index (χ2v) is 6.96. The van der Waals surface area contributed by atoms with Crippen LogP contribution in [0.15, 0.2) is 60.7 Å². The van der Waals surface area contributed by atoms with Crippen molar-refractivity contribution in [2.24, 2.45) is 0 Å². The normalized spacial score (nSPS) is 15.6. The lowest BCUT2D eigenvalue weighted by Crippen LogP contribution is -2.31. The first-order valence-corrected chi connectivity index (χ1v) is 9.87. The van der Waals surface area contributed by atoms with E-state index in [1.807, 2.05) is 36.4 Å². The fourth-order valence-corrected chi connectivity index (χ4v) is 3.22. The maximum absolute atomic E-state index is 12.3. The fraction of sp³-hybridized carbons (Fsp3) is 0.261. The summed E-state index contributed by atoms with van der Waals surface area (Å²) < 4.78 is 16.4. The zero-order chi connectivity index (χ0) is 20.8. The molecule has 0 radical (unpaired) electrons. The molecule has 4 rings (SSSR count). The highest BCUT2D eigenvalue weighted by Crippen LogP contribution is 2.25. The third-order valence-electron chi connectivity index (χ3n) is 4.86. The molecule has 7 heteroatoms. The molecule has 2 heterocycles. The lowest BCUT2D eigenvalue weighted by atomic mass is 10.1. The van der Waals surface area contributed by atoms with E-state index in [0.29, 0.717) is 35.2 Å². The zero-order valence-corrected chi connectivity index (χ0v) is 16.7. The molecule has 1 aromatic heterocycles. The molecule has 7 nitrogen and oxygen atoms in total. The van der Waals surface area contributed by atoms with Crippen molar-refractivity contribution >= 4 is 5.91 Å². The third-order valence-corrected chi connectivity index (χ3v) is 4.86. The number of benzene rings is 2. The second-order valence-electron chi connectivity index (χ2n) is 6.96. The van der Waals surface area contributed by atoms with Crippen LogP contribution in [0.3, 0.4) is 0 Å². The van der Waals surface area contributed by atoms with Crippen LogP contribution in [0.1, 0.15) is 23.2 Å². The van der Waals surface area contributed by atoms with Gasteiger partial charge in [0.15, 0.2) is 0 Å². The minimum Gasteiger partial charge on any atom is -0.497 e. The summed E-state index contributed by atoms with van der Waals surface area (Å²) in [5.74, 6) is 1.61. The Bertz CT molecular complexity index is 984. The van der Waals surface area contributed by atoms with Crippen LogP contribution in [0.4, 0.5) is 0 Å². The van der Waals surface area contributed by atoms with Crippen LogP contribution in [-0.2, 0) is 4.74 Å². The van der Waals surface area contributed by atoms with Crippen molar-refractivity contribution in [3.05, 3.63) is 66.2 Å². The molecule has 1 aliphatic rings. The molecule has 1 N–H and O–H groups in total. The number of carbonyl (C=O) groups excluding carboxylic acids is 1. The van der Waals surface area contributed by atoms with Gasteiger partial charge in [-0.2, -0.15) is 0 Å². The summed E-state index contributed by atoms with van der Waals surface area (Å²) in [5.41, 5.74) is 2.16. The van der Waals surface area contributed by atoms with Gasteiger partial charge in [0.05, 0.1) is 18.9 Å². The van der Waals surface area contributed by atoms with Gasteiger partial charge in [-0.1, -0.05) is 18.2 Å². The summed E-state index contributed by atoms with van der Waals surface area (Å²) in [6.07, 6.45) is 2.18. The Morgan fingerprint density at radius 1 is 1.10 bits per heavy atom. The van der Waals surface area contributed by atoms with Crippen LogP contribution in [0.2, 0.25) is 0 Å². The van der Waals surface area contributed by atoms with Gasteiger partial charge in [-0.05, 0) is 43.2 Å². The first-order valence-electron chi connectivity index (χ1n) is 9.87. The van der Waals surface area contributed by atoms with Crippen molar-refractivity contribution in [1.29, 1.82) is 0 Å². The van der Waals surface area contributed by atoms with E-state index in [0.717, 1.165) is 25.0 Å². The number of aromatic nitrogens is 2. The molecule has 0 aliphatic carbocycles. The molecular weight excluding hydrogens is 382 g/mol. The van der Waals surface area contributed by atoms with Crippen molar-refractivity contribution < 1.29 is 19.0 Å². The van der Waals surface area contributed by atoms with E-state index in [4.69, 9.17) is 14.2 Å². The second kappa shape index (κ2) is 9.37. The summed E-state index contributed by atoms with van der Waals surface area (Å²) in [6.45, 7) is 1.32. The van der Waals surface area contributed by atoms with Gasteiger partial charge in [0, 0.05) is 36.4 Å². The van der Waals surface area contributed by atoms with Gasteiger partial charge in [0.25, 0.3) is 5.91 Å². The van der Waals surface area contributed by atoms with E-state index in [2.05, 4.69) is 15.5 Å². The van der Waals surface area contributed by atoms with Crippen molar-refractivity contribution in [2.45, 2.75) is 18.9 Å². The Kier molecular flexibility index (Phi) is 6.20. The van der Waals surface area contributed by atoms with Gasteiger partial charge in [-0.3, -0.25) is 4.79 Å². The van der Waals surface area contributed by atoms with Gasteiger partial charge in [-0.15, -0.1) is 10.2 Å². The highest BCUT2D eigenvalue weighted by atomic mass is 16.5. The summed E-state index contributed by atoms with van der Waals surface area (Å²) in [6, 6.07) is 18.1. The topological polar surface area (TPSA) is 82.6 Å². The van der Waals surface area contributed by atoms with Crippen LogP contribution >= 0.6 is 0 Å². The highest BCUT2D eigenvalue weighted by Gasteiger charge is 2.16. The maximum Gasteiger partial charge on any atom is 0.251 e. The third kappa shape index (κ3) is 4.93. The minimum absolute atomic E-state index is 0.106. The summed E-state index contributed by atoms with van der Waals surface area (Å²) in [4.78, 5) is 12.3. The minimum atomic E-state index is -0.106. The lowest BCUT2D eigenvalue weighted by Gasteiger charge is -2.11. The number of carbonyl (C=O) groups is 1. The molecule has 0 spiro atoms. The summed E-state index contributed by atoms with van der Waals surface area (Å²) >= 11 is 0. The average molecular weight is 405 g/mol. The average Bonchev–Trinajstić information content (AvgIpc) is 3.32. The van der Waals surface area contributed by atoms with E-state index >= 15 is 0 Å². The number of methoxy groups -OCH3 is 1. The number of ether oxygens (including phenoxy) is 3. The van der Waals surface area contributed by atoms with Crippen LogP contribution in [0.25, 0.3) is 11.3 Å². The van der Waals surface area contributed by atoms with Crippen LogP contribution in [0, 0.1) is 0 Å². The standard InChI is InChI=1S/C23H23N3O4/c1-28-18-4-2-5-19(14-18)30-22-12-11-21(25-26-22)16-7-9-17(10-8-16)23(27)24-15-20-6-3-13-29-20/h2,4-5,7-12,14,20H,3,6,13,15H2,1H3,(H,24,27). The van der Waals surface area contributed by atoms with Gasteiger partial charge in [0.2, 0.25) is 5.88 Å². The Morgan fingerprint density at radius 2 is 1.93 bits per heavy atom. The molecule has 3 aromatic rings. The summed E-state index contributed by atoms with van der Waals surface area (Å²) in [5, 5.41) is 11.3. The number of amides is 1. The van der Waals surface area contributed by atoms with Crippen LogP contribution < -0.4 is 14.8 Å². The van der Waals surface area contributed by atoms with Gasteiger partial charge in [0.1, 0.15) is 11.5 Å². The fourth-order valence-electron chi connectivity index (χ4n) is 3.22. The molecule has 1 aliphatic heterocycles. The predicted octanol–water partition coefficient (Wildman–Crippen LogP) is 3.85. The molecule has 154 valence electrons. The van der Waals surface area contributed by atoms with Crippen LogP contribution in [0.5, 0.6) is 17.4 Å². The zero-order valence-electron chi connectivity index (χ0n) is 16.7. The predicted molar refractivity (Wildman–Crippen MR) is 112 cm³/mol. The molecule has 0 saturated carbocycles. The van der Waals surface area contributed by atoms with Crippen LogP contribution in [-0.4, -0.2) is 42.5 Å². The molecule has 1 fully saturated rings. The van der Waals surface area contributed by atoms with E-state index in [1.54, 1.807) is 31.4 Å². The van der Waals surface area contributed by atoms with Crippen molar-refractivity contribution in [3.8, 4) is 28.6 Å². The smallest absolute Gasteiger partial charge is 0.251 e. The van der Waals surface area contributed by atoms with Gasteiger partial charge < -0.3 is 19.5 Å². The van der Waals surface area contributed by atoms with E-state index < -0.39 is 0 Å². The molecule has 0 bridgehead atoms. The Balaban J connectivity index is 1.37. The SMILES string of the molecule is COc1cccc(Oc2ccc(-c3ccc(C(=O)NCC4CCCO4)cc3)nn2)c1. The van der Waals surface area contributed by atoms with E-state index in [9.17, 15) is 4.79 Å². The van der Waals surface area contributed by atoms with E-state index in [1.165, 1.54) is 0 Å². The molecule has 2 aromatic carbocycles. The Labute approximate surface area is 175 Å². The molecule has 1 unspecified atom stereocenters. The molecule has 1 amide bonds. The molecular formula is C23H23N3O4. The van der Waals surface area contributed by atoms with E-state index in [-0.39, 0.29) is 12.0 Å². The van der Waals surface area contributed by atoms with Crippen molar-refractivity contribution in [1.82, 2.24) is 15.5 Å². The Morgan fingerprint density at radius 3 is 2.63 bits per heavy atom. The molecule has 30 heavy (non-hydrogen) atoms. The first-order chi connectivity index (χ1) is 14.7. The number of hydrogen-bond acceptors (Lipinski definition) is 6. The number of hydrogen-bond donors (Lipinski definition) is 1. The maximum atomic E-state index is 12.3. The Hall–Kier alpha value is -3.45. The van der Waals surface area contributed by atoms with Crippen molar-refractivity contribution in [2.75, 3.05) is 20.3 Å². The lowest BCUT2D eigenvalue weighted by molar-refractivity contribution is 0.0858. The largest absolute Gasteiger partial charge is 0.497 e. The molecule has 1 atom stereocenters. The highest BCUT2D eigenvalue weighted by molar-refractivity contribution is 5.94. The number of nitrogens with one attached hydrogen (secondary N) is 1. The number of nitrogens with zero attached hydrogens (tertiary/aromatic N) is 2. The number of rotatable bonds is 7. The monoisotopic (exact) mass is 405 g/mol. The summed E-state index contributed by atoms with van der Waals surface area (Å²) in [7, 11) is 1.60. The quantitative estimate of drug-likeness (QED) is 0.643. The molecule has 1 saturated heterocycles. The van der Waals surface area contributed by atoms with Crippen molar-refractivity contribution in [3.63, 3.8) is 0 Å².